The quantitative estimate of drug-likeness (QED) is 0.906. The summed E-state index contributed by atoms with van der Waals surface area (Å²) in [6, 6.07) is 1.63. The fraction of sp³-hybridized carbons (Fsp3) is 0.769. The summed E-state index contributed by atoms with van der Waals surface area (Å²) in [5, 5.41) is 7.38. The van der Waals surface area contributed by atoms with Crippen LogP contribution in [0, 0.1) is 5.92 Å². The van der Waals surface area contributed by atoms with Gasteiger partial charge in [0.25, 0.3) is 0 Å². The molecule has 0 amide bonds. The zero-order valence-corrected chi connectivity index (χ0v) is 11.5. The zero-order chi connectivity index (χ0) is 14.6. The lowest BCUT2D eigenvalue weighted by atomic mass is 9.85. The Balaban J connectivity index is 1.87. The van der Waals surface area contributed by atoms with Crippen LogP contribution in [0.5, 0.6) is 0 Å². The van der Waals surface area contributed by atoms with Crippen LogP contribution in [0.2, 0.25) is 0 Å². The third-order valence-corrected chi connectivity index (χ3v) is 3.65. The number of halogens is 3. The second-order valence-electron chi connectivity index (χ2n) is 5.20. The van der Waals surface area contributed by atoms with E-state index in [2.05, 4.69) is 10.4 Å². The van der Waals surface area contributed by atoms with Crippen molar-refractivity contribution in [3.8, 4) is 0 Å². The molecule has 114 valence electrons. The molecule has 0 bridgehead atoms. The highest BCUT2D eigenvalue weighted by molar-refractivity contribution is 5.33. The van der Waals surface area contributed by atoms with Gasteiger partial charge >= 0.3 is 6.18 Å². The number of ether oxygens (including phenoxy) is 1. The van der Waals surface area contributed by atoms with Crippen molar-refractivity contribution in [3.63, 3.8) is 0 Å². The highest BCUT2D eigenvalue weighted by Gasteiger charge is 2.42. The van der Waals surface area contributed by atoms with Crippen LogP contribution in [0.3, 0.4) is 0 Å². The number of aromatic nitrogens is 2. The molecule has 0 aromatic carbocycles. The van der Waals surface area contributed by atoms with Crippen LogP contribution in [0.4, 0.5) is 19.0 Å². The molecule has 7 heteroatoms. The van der Waals surface area contributed by atoms with E-state index in [0.29, 0.717) is 25.4 Å². The maximum absolute atomic E-state index is 12.7. The second-order valence-corrected chi connectivity index (χ2v) is 5.20. The predicted molar refractivity (Wildman–Crippen MR) is 69.5 cm³/mol. The first-order chi connectivity index (χ1) is 9.49. The molecule has 1 saturated carbocycles. The number of nitrogens with zero attached hydrogens (tertiary/aromatic N) is 2. The Kier molecular flexibility index (Phi) is 4.91. The molecule has 1 aromatic rings. The Morgan fingerprint density at radius 1 is 1.45 bits per heavy atom. The van der Waals surface area contributed by atoms with Gasteiger partial charge in [0.1, 0.15) is 5.82 Å². The number of anilines is 1. The van der Waals surface area contributed by atoms with Crippen LogP contribution in [0.15, 0.2) is 12.3 Å². The first kappa shape index (κ1) is 15.2. The summed E-state index contributed by atoms with van der Waals surface area (Å²) in [7, 11) is 1.61. The van der Waals surface area contributed by atoms with Gasteiger partial charge < -0.3 is 10.1 Å². The molecule has 1 heterocycles. The van der Waals surface area contributed by atoms with Crippen molar-refractivity contribution in [2.45, 2.75) is 44.4 Å². The predicted octanol–water partition coefficient (Wildman–Crippen LogP) is 3.06. The maximum Gasteiger partial charge on any atom is 0.391 e. The Morgan fingerprint density at radius 2 is 2.25 bits per heavy atom. The van der Waals surface area contributed by atoms with E-state index in [9.17, 15) is 13.2 Å². The number of hydrogen-bond acceptors (Lipinski definition) is 3. The minimum atomic E-state index is -4.09. The Labute approximate surface area is 116 Å². The highest BCUT2D eigenvalue weighted by Crippen LogP contribution is 2.38. The molecule has 0 aliphatic heterocycles. The molecule has 1 aliphatic carbocycles. The number of hydrogen-bond donors (Lipinski definition) is 1. The number of alkyl halides is 3. The van der Waals surface area contributed by atoms with Crippen molar-refractivity contribution >= 4 is 5.82 Å². The van der Waals surface area contributed by atoms with Gasteiger partial charge in [-0.15, -0.1) is 0 Å². The Hall–Kier alpha value is -1.24. The topological polar surface area (TPSA) is 39.1 Å². The van der Waals surface area contributed by atoms with Crippen LogP contribution >= 0.6 is 0 Å². The van der Waals surface area contributed by atoms with Crippen molar-refractivity contribution in [1.29, 1.82) is 0 Å². The SMILES string of the molecule is COCCn1ccc(N[C@@H]2CCC[C@H](C(F)(F)F)C2)n1. The summed E-state index contributed by atoms with van der Waals surface area (Å²) in [6.45, 7) is 1.19. The molecular weight excluding hydrogens is 271 g/mol. The van der Waals surface area contributed by atoms with Gasteiger partial charge in [0, 0.05) is 25.4 Å². The van der Waals surface area contributed by atoms with Gasteiger partial charge in [0.05, 0.1) is 19.1 Å². The van der Waals surface area contributed by atoms with E-state index in [1.807, 2.05) is 0 Å². The van der Waals surface area contributed by atoms with Crippen LogP contribution in [-0.2, 0) is 11.3 Å². The number of rotatable bonds is 5. The lowest BCUT2D eigenvalue weighted by Gasteiger charge is -2.31. The van der Waals surface area contributed by atoms with Gasteiger partial charge in [-0.2, -0.15) is 18.3 Å². The highest BCUT2D eigenvalue weighted by atomic mass is 19.4. The number of methoxy groups -OCH3 is 1. The van der Waals surface area contributed by atoms with E-state index < -0.39 is 12.1 Å². The van der Waals surface area contributed by atoms with E-state index >= 15 is 0 Å². The van der Waals surface area contributed by atoms with Crippen molar-refractivity contribution in [2.24, 2.45) is 5.92 Å². The molecule has 1 fully saturated rings. The fourth-order valence-electron chi connectivity index (χ4n) is 2.58. The summed E-state index contributed by atoms with van der Waals surface area (Å²) in [5.41, 5.74) is 0. The summed E-state index contributed by atoms with van der Waals surface area (Å²) in [6.07, 6.45) is -0.550. The molecule has 0 saturated heterocycles. The summed E-state index contributed by atoms with van der Waals surface area (Å²) < 4.78 is 44.9. The minimum absolute atomic E-state index is 0.133. The standard InChI is InChI=1S/C13H20F3N3O/c1-20-8-7-19-6-5-12(18-19)17-11-4-2-3-10(9-11)13(14,15)16/h5-6,10-11H,2-4,7-9H2,1H3,(H,17,18)/t10-,11+/m0/s1. The third-order valence-electron chi connectivity index (χ3n) is 3.65. The third kappa shape index (κ3) is 4.13. The lowest BCUT2D eigenvalue weighted by Crippen LogP contribution is -2.34. The van der Waals surface area contributed by atoms with E-state index in [1.165, 1.54) is 0 Å². The van der Waals surface area contributed by atoms with Gasteiger partial charge in [-0.3, -0.25) is 4.68 Å². The van der Waals surface area contributed by atoms with Crippen LogP contribution in [-0.4, -0.2) is 35.7 Å². The smallest absolute Gasteiger partial charge is 0.383 e. The average molecular weight is 291 g/mol. The van der Waals surface area contributed by atoms with E-state index in [0.717, 1.165) is 6.42 Å². The van der Waals surface area contributed by atoms with Gasteiger partial charge in [-0.25, -0.2) is 0 Å². The summed E-state index contributed by atoms with van der Waals surface area (Å²) in [4.78, 5) is 0. The zero-order valence-electron chi connectivity index (χ0n) is 11.5. The van der Waals surface area contributed by atoms with E-state index in [1.54, 1.807) is 24.1 Å². The van der Waals surface area contributed by atoms with E-state index in [-0.39, 0.29) is 18.9 Å². The van der Waals surface area contributed by atoms with Crippen molar-refractivity contribution in [2.75, 3.05) is 19.0 Å². The lowest BCUT2D eigenvalue weighted by molar-refractivity contribution is -0.182. The largest absolute Gasteiger partial charge is 0.391 e. The van der Waals surface area contributed by atoms with Crippen molar-refractivity contribution in [3.05, 3.63) is 12.3 Å². The molecule has 0 spiro atoms. The first-order valence-corrected chi connectivity index (χ1v) is 6.84. The van der Waals surface area contributed by atoms with E-state index in [4.69, 9.17) is 4.74 Å². The molecule has 0 radical (unpaired) electrons. The first-order valence-electron chi connectivity index (χ1n) is 6.84. The second kappa shape index (κ2) is 6.47. The maximum atomic E-state index is 12.7. The average Bonchev–Trinajstić information content (AvgIpc) is 2.83. The molecule has 4 nitrogen and oxygen atoms in total. The Morgan fingerprint density at radius 3 is 2.95 bits per heavy atom. The fourth-order valence-corrected chi connectivity index (χ4v) is 2.58. The molecule has 0 unspecified atom stereocenters. The molecular formula is C13H20F3N3O. The minimum Gasteiger partial charge on any atom is -0.383 e. The van der Waals surface area contributed by atoms with Crippen LogP contribution in [0.25, 0.3) is 0 Å². The van der Waals surface area contributed by atoms with Gasteiger partial charge in [0.2, 0.25) is 0 Å². The normalized spacial score (nSPS) is 23.8. The molecule has 2 atom stereocenters. The van der Waals surface area contributed by atoms with Crippen LogP contribution < -0.4 is 5.32 Å². The molecule has 20 heavy (non-hydrogen) atoms. The summed E-state index contributed by atoms with van der Waals surface area (Å²) >= 11 is 0. The van der Waals surface area contributed by atoms with Gasteiger partial charge in [-0.05, 0) is 19.3 Å². The summed E-state index contributed by atoms with van der Waals surface area (Å²) in [5.74, 6) is -0.557. The van der Waals surface area contributed by atoms with Gasteiger partial charge in [-0.1, -0.05) is 6.42 Å². The van der Waals surface area contributed by atoms with Crippen LogP contribution in [0.1, 0.15) is 25.7 Å². The number of nitrogens with one attached hydrogen (secondary N) is 1. The van der Waals surface area contributed by atoms with Crippen molar-refractivity contribution < 1.29 is 17.9 Å². The molecule has 1 aliphatic rings. The molecule has 2 rings (SSSR count). The molecule has 1 aromatic heterocycles. The van der Waals surface area contributed by atoms with Crippen molar-refractivity contribution in [1.82, 2.24) is 9.78 Å². The van der Waals surface area contributed by atoms with Gasteiger partial charge in [0.15, 0.2) is 0 Å². The monoisotopic (exact) mass is 291 g/mol. The Bertz CT molecular complexity index is 419. The molecule has 1 N–H and O–H groups in total.